The lowest BCUT2D eigenvalue weighted by atomic mass is 10.2. The van der Waals surface area contributed by atoms with Gasteiger partial charge in [-0.25, -0.2) is 4.98 Å². The van der Waals surface area contributed by atoms with E-state index in [9.17, 15) is 0 Å². The Labute approximate surface area is 114 Å². The summed E-state index contributed by atoms with van der Waals surface area (Å²) in [4.78, 5) is 4.53. The van der Waals surface area contributed by atoms with E-state index < -0.39 is 0 Å². The van der Waals surface area contributed by atoms with Crippen molar-refractivity contribution in [1.29, 1.82) is 0 Å². The van der Waals surface area contributed by atoms with Gasteiger partial charge < -0.3 is 0 Å². The summed E-state index contributed by atoms with van der Waals surface area (Å²) in [6.45, 7) is 0. The van der Waals surface area contributed by atoms with Gasteiger partial charge in [-0.15, -0.1) is 11.3 Å². The number of rotatable bonds is 2. The predicted octanol–water partition coefficient (Wildman–Crippen LogP) is 5.03. The average Bonchev–Trinajstić information content (AvgIpc) is 2.84. The number of aromatic nitrogens is 1. The van der Waals surface area contributed by atoms with E-state index in [4.69, 9.17) is 11.6 Å². The average molecular weight is 272 g/mol. The summed E-state index contributed by atoms with van der Waals surface area (Å²) in [5.41, 5.74) is 2.08. The Balaban J connectivity index is 2.01. The molecule has 1 aromatic heterocycles. The Bertz CT molecular complexity index is 668. The Hall–Kier alpha value is -1.64. The van der Waals surface area contributed by atoms with E-state index in [0.29, 0.717) is 5.03 Å². The van der Waals surface area contributed by atoms with Crippen LogP contribution < -0.4 is 0 Å². The number of benzene rings is 2. The molecule has 88 valence electrons. The number of fused-ring (bicyclic) bond motifs is 1. The van der Waals surface area contributed by atoms with Crippen LogP contribution >= 0.6 is 22.9 Å². The molecule has 18 heavy (non-hydrogen) atoms. The molecule has 0 aliphatic heterocycles. The number of hydrogen-bond donors (Lipinski definition) is 0. The first-order valence-electron chi connectivity index (χ1n) is 5.61. The second kappa shape index (κ2) is 4.92. The van der Waals surface area contributed by atoms with E-state index in [1.165, 1.54) is 0 Å². The topological polar surface area (TPSA) is 12.9 Å². The summed E-state index contributed by atoms with van der Waals surface area (Å²) in [5.74, 6) is 0. The first-order chi connectivity index (χ1) is 8.83. The molecule has 2 aromatic carbocycles. The van der Waals surface area contributed by atoms with Gasteiger partial charge in [0.25, 0.3) is 0 Å². The van der Waals surface area contributed by atoms with Crippen LogP contribution in [0.2, 0.25) is 0 Å². The summed E-state index contributed by atoms with van der Waals surface area (Å²) in [6, 6.07) is 18.1. The number of hydrogen-bond acceptors (Lipinski definition) is 2. The van der Waals surface area contributed by atoms with Gasteiger partial charge in [0.15, 0.2) is 0 Å². The molecule has 0 aliphatic rings. The molecule has 0 aliphatic carbocycles. The van der Waals surface area contributed by atoms with E-state index in [1.54, 1.807) is 11.3 Å². The van der Waals surface area contributed by atoms with E-state index in [-0.39, 0.29) is 0 Å². The highest BCUT2D eigenvalue weighted by Crippen LogP contribution is 2.30. The van der Waals surface area contributed by atoms with E-state index in [2.05, 4.69) is 11.1 Å². The number of thiazole rings is 1. The Morgan fingerprint density at radius 3 is 2.50 bits per heavy atom. The van der Waals surface area contributed by atoms with Crippen molar-refractivity contribution in [2.24, 2.45) is 0 Å². The summed E-state index contributed by atoms with van der Waals surface area (Å²) < 4.78 is 1.16. The molecule has 0 radical (unpaired) electrons. The molecule has 3 aromatic rings. The number of halogens is 1. The van der Waals surface area contributed by atoms with Gasteiger partial charge in [-0.3, -0.25) is 0 Å². The molecule has 0 spiro atoms. The highest BCUT2D eigenvalue weighted by molar-refractivity contribution is 7.20. The molecular formula is C15H10ClNS. The van der Waals surface area contributed by atoms with Gasteiger partial charge in [0.1, 0.15) is 5.01 Å². The van der Waals surface area contributed by atoms with Crippen LogP contribution in [0.4, 0.5) is 0 Å². The molecule has 0 amide bonds. The predicted molar refractivity (Wildman–Crippen MR) is 79.8 cm³/mol. The van der Waals surface area contributed by atoms with Crippen molar-refractivity contribution in [3.8, 4) is 0 Å². The summed E-state index contributed by atoms with van der Waals surface area (Å²) in [6.07, 6.45) is 1.94. The zero-order valence-electron chi connectivity index (χ0n) is 9.51. The fourth-order valence-electron chi connectivity index (χ4n) is 1.73. The smallest absolute Gasteiger partial charge is 0.136 e. The Morgan fingerprint density at radius 2 is 1.72 bits per heavy atom. The summed E-state index contributed by atoms with van der Waals surface area (Å²) in [5, 5.41) is 1.55. The van der Waals surface area contributed by atoms with Crippen LogP contribution in [0.15, 0.2) is 54.6 Å². The minimum Gasteiger partial charge on any atom is -0.235 e. The molecule has 3 rings (SSSR count). The number of para-hydroxylation sites is 1. The molecule has 0 saturated carbocycles. The third-order valence-electron chi connectivity index (χ3n) is 2.59. The molecule has 0 atom stereocenters. The van der Waals surface area contributed by atoms with Crippen molar-refractivity contribution < 1.29 is 0 Å². The molecule has 0 fully saturated rings. The maximum atomic E-state index is 6.32. The minimum absolute atomic E-state index is 0.683. The van der Waals surface area contributed by atoms with Crippen molar-refractivity contribution in [2.75, 3.05) is 0 Å². The van der Waals surface area contributed by atoms with Crippen molar-refractivity contribution in [3.63, 3.8) is 0 Å². The van der Waals surface area contributed by atoms with Gasteiger partial charge in [0.05, 0.1) is 15.2 Å². The molecule has 1 heterocycles. The molecule has 0 N–H and O–H groups in total. The van der Waals surface area contributed by atoms with E-state index >= 15 is 0 Å². The van der Waals surface area contributed by atoms with Gasteiger partial charge in [-0.1, -0.05) is 54.1 Å². The maximum absolute atomic E-state index is 6.32. The van der Waals surface area contributed by atoms with E-state index in [1.807, 2.05) is 54.6 Å². The van der Waals surface area contributed by atoms with Crippen molar-refractivity contribution in [2.45, 2.75) is 0 Å². The van der Waals surface area contributed by atoms with Crippen LogP contribution in [-0.4, -0.2) is 4.98 Å². The van der Waals surface area contributed by atoms with Gasteiger partial charge in [-0.2, -0.15) is 0 Å². The molecule has 0 bridgehead atoms. The monoisotopic (exact) mass is 271 g/mol. The lowest BCUT2D eigenvalue weighted by Crippen LogP contribution is -1.75. The second-order valence-electron chi connectivity index (χ2n) is 3.89. The number of nitrogens with zero attached hydrogens (tertiary/aromatic N) is 1. The lowest BCUT2D eigenvalue weighted by molar-refractivity contribution is 1.46. The zero-order chi connectivity index (χ0) is 12.4. The van der Waals surface area contributed by atoms with Gasteiger partial charge >= 0.3 is 0 Å². The SMILES string of the molecule is Cl/C(=C/c1ccccc1)c1nc2ccccc2s1. The third-order valence-corrected chi connectivity index (χ3v) is 4.06. The lowest BCUT2D eigenvalue weighted by Gasteiger charge is -1.94. The standard InChI is InChI=1S/C15H10ClNS/c16-12(10-11-6-2-1-3-7-11)15-17-13-8-4-5-9-14(13)18-15/h1-10H/b12-10+. The molecule has 0 saturated heterocycles. The molecule has 1 nitrogen and oxygen atoms in total. The summed E-state index contributed by atoms with van der Waals surface area (Å²) in [7, 11) is 0. The summed E-state index contributed by atoms with van der Waals surface area (Å²) >= 11 is 7.93. The van der Waals surface area contributed by atoms with Gasteiger partial charge in [0, 0.05) is 0 Å². The normalized spacial score (nSPS) is 11.9. The zero-order valence-corrected chi connectivity index (χ0v) is 11.1. The molecular weight excluding hydrogens is 262 g/mol. The van der Waals surface area contributed by atoms with Crippen molar-refractivity contribution >= 4 is 44.3 Å². The third kappa shape index (κ3) is 2.30. The molecule has 3 heteroatoms. The van der Waals surface area contributed by atoms with Crippen LogP contribution in [0.25, 0.3) is 21.3 Å². The maximum Gasteiger partial charge on any atom is 0.136 e. The van der Waals surface area contributed by atoms with Crippen LogP contribution in [0.5, 0.6) is 0 Å². The van der Waals surface area contributed by atoms with Crippen LogP contribution in [0, 0.1) is 0 Å². The fourth-order valence-corrected chi connectivity index (χ4v) is 2.89. The highest BCUT2D eigenvalue weighted by atomic mass is 35.5. The van der Waals surface area contributed by atoms with Gasteiger partial charge in [-0.05, 0) is 23.8 Å². The Morgan fingerprint density at radius 1 is 1.00 bits per heavy atom. The first-order valence-corrected chi connectivity index (χ1v) is 6.80. The Kier molecular flexibility index (Phi) is 3.13. The van der Waals surface area contributed by atoms with Crippen molar-refractivity contribution in [1.82, 2.24) is 4.98 Å². The molecule has 0 unspecified atom stereocenters. The van der Waals surface area contributed by atoms with Crippen LogP contribution in [0.1, 0.15) is 10.6 Å². The van der Waals surface area contributed by atoms with Gasteiger partial charge in [0.2, 0.25) is 0 Å². The highest BCUT2D eigenvalue weighted by Gasteiger charge is 2.06. The van der Waals surface area contributed by atoms with Crippen molar-refractivity contribution in [3.05, 3.63) is 65.2 Å². The minimum atomic E-state index is 0.683. The second-order valence-corrected chi connectivity index (χ2v) is 5.33. The quantitative estimate of drug-likeness (QED) is 0.637. The largest absolute Gasteiger partial charge is 0.235 e. The van der Waals surface area contributed by atoms with E-state index in [0.717, 1.165) is 20.8 Å². The van der Waals surface area contributed by atoms with Crippen LogP contribution in [-0.2, 0) is 0 Å². The fraction of sp³-hybridized carbons (Fsp3) is 0. The first kappa shape index (κ1) is 11.5. The van der Waals surface area contributed by atoms with Crippen LogP contribution in [0.3, 0.4) is 0 Å².